The van der Waals surface area contributed by atoms with Gasteiger partial charge in [0.05, 0.1) is 9.89 Å². The highest BCUT2D eigenvalue weighted by Crippen LogP contribution is 2.36. The average molecular weight is 376 g/mol. The molecule has 2 rings (SSSR count). The van der Waals surface area contributed by atoms with Crippen molar-refractivity contribution >= 4 is 43.2 Å². The van der Waals surface area contributed by atoms with E-state index in [0.29, 0.717) is 0 Å². The van der Waals surface area contributed by atoms with E-state index in [4.69, 9.17) is 0 Å². The molecule has 4 heteroatoms. The minimum absolute atomic E-state index is 0.386. The Kier molecular flexibility index (Phi) is 4.79. The summed E-state index contributed by atoms with van der Waals surface area (Å²) in [6.45, 7) is 0. The lowest BCUT2D eigenvalue weighted by Crippen LogP contribution is -1.97. The molecule has 1 nitrogen and oxygen atoms in total. The molecule has 0 saturated heterocycles. The van der Waals surface area contributed by atoms with Crippen LogP contribution in [0.5, 0.6) is 0 Å². The number of rotatable bonds is 4. The van der Waals surface area contributed by atoms with Gasteiger partial charge in [-0.25, -0.2) is 0 Å². The van der Waals surface area contributed by atoms with E-state index in [1.165, 1.54) is 5.56 Å². The summed E-state index contributed by atoms with van der Waals surface area (Å²) >= 11 is 8.45. The Morgan fingerprint density at radius 1 is 1.18 bits per heavy atom. The summed E-state index contributed by atoms with van der Waals surface area (Å²) in [5, 5.41) is 10.1. The van der Waals surface area contributed by atoms with Gasteiger partial charge < -0.3 is 5.11 Å². The molecule has 0 aliphatic rings. The van der Waals surface area contributed by atoms with Gasteiger partial charge in [-0.15, -0.1) is 11.3 Å². The van der Waals surface area contributed by atoms with Crippen LogP contribution in [-0.4, -0.2) is 5.11 Å². The van der Waals surface area contributed by atoms with Crippen LogP contribution < -0.4 is 0 Å². The van der Waals surface area contributed by atoms with Gasteiger partial charge in [0.2, 0.25) is 0 Å². The molecule has 0 saturated carbocycles. The minimum Gasteiger partial charge on any atom is -0.388 e. The van der Waals surface area contributed by atoms with Gasteiger partial charge in [-0.1, -0.05) is 30.3 Å². The van der Waals surface area contributed by atoms with Gasteiger partial charge in [0.1, 0.15) is 0 Å². The Balaban J connectivity index is 1.96. The maximum absolute atomic E-state index is 10.1. The summed E-state index contributed by atoms with van der Waals surface area (Å²) in [5.41, 5.74) is 1.27. The van der Waals surface area contributed by atoms with E-state index < -0.39 is 0 Å². The van der Waals surface area contributed by atoms with Crippen LogP contribution in [0.15, 0.2) is 44.7 Å². The molecule has 1 atom stereocenters. The monoisotopic (exact) mass is 374 g/mol. The lowest BCUT2D eigenvalue weighted by Gasteiger charge is -2.07. The summed E-state index contributed by atoms with van der Waals surface area (Å²) in [4.78, 5) is 1.000. The van der Waals surface area contributed by atoms with Crippen LogP contribution in [0.4, 0.5) is 0 Å². The fourth-order valence-electron chi connectivity index (χ4n) is 1.62. The van der Waals surface area contributed by atoms with E-state index in [1.54, 1.807) is 11.3 Å². The Labute approximate surface area is 122 Å². The maximum atomic E-state index is 10.1. The predicted octanol–water partition coefficient (Wildman–Crippen LogP) is 4.94. The molecule has 2 aromatic rings. The van der Waals surface area contributed by atoms with Crippen molar-refractivity contribution in [2.75, 3.05) is 0 Å². The Bertz CT molecular complexity index is 462. The van der Waals surface area contributed by atoms with Crippen molar-refractivity contribution in [2.45, 2.75) is 18.9 Å². The summed E-state index contributed by atoms with van der Waals surface area (Å²) in [6, 6.07) is 12.2. The second kappa shape index (κ2) is 6.14. The molecule has 1 heterocycles. The zero-order valence-electron chi connectivity index (χ0n) is 9.07. The topological polar surface area (TPSA) is 20.2 Å². The Hall–Kier alpha value is -0.160. The number of aliphatic hydroxyl groups excluding tert-OH is 1. The van der Waals surface area contributed by atoms with Gasteiger partial charge in [0.25, 0.3) is 0 Å². The first kappa shape index (κ1) is 13.3. The molecule has 90 valence electrons. The molecule has 0 bridgehead atoms. The van der Waals surface area contributed by atoms with Gasteiger partial charge in [-0.05, 0) is 56.3 Å². The standard InChI is InChI=1S/C13H12Br2OS/c14-10-8-12(17-13(10)15)11(16)7-6-9-4-2-1-3-5-9/h1-5,8,11,16H,6-7H2. The zero-order chi connectivity index (χ0) is 12.3. The van der Waals surface area contributed by atoms with E-state index in [-0.39, 0.29) is 6.10 Å². The van der Waals surface area contributed by atoms with Crippen LogP contribution in [0.3, 0.4) is 0 Å². The van der Waals surface area contributed by atoms with Gasteiger partial charge in [0.15, 0.2) is 0 Å². The lowest BCUT2D eigenvalue weighted by atomic mass is 10.1. The molecule has 1 aromatic heterocycles. The van der Waals surface area contributed by atoms with Crippen molar-refractivity contribution in [1.29, 1.82) is 0 Å². The SMILES string of the molecule is OC(CCc1ccccc1)c1cc(Br)c(Br)s1. The van der Waals surface area contributed by atoms with Crippen molar-refractivity contribution in [2.24, 2.45) is 0 Å². The zero-order valence-corrected chi connectivity index (χ0v) is 13.1. The quantitative estimate of drug-likeness (QED) is 0.802. The second-order valence-electron chi connectivity index (χ2n) is 3.81. The number of halogens is 2. The van der Waals surface area contributed by atoms with Crippen LogP contribution in [0.2, 0.25) is 0 Å². The normalized spacial score (nSPS) is 12.6. The molecule has 1 unspecified atom stereocenters. The number of benzene rings is 1. The predicted molar refractivity (Wildman–Crippen MR) is 79.4 cm³/mol. The Morgan fingerprint density at radius 2 is 1.88 bits per heavy atom. The fourth-order valence-corrected chi connectivity index (χ4v) is 3.73. The number of thiophene rings is 1. The van der Waals surface area contributed by atoms with Crippen molar-refractivity contribution < 1.29 is 5.11 Å². The second-order valence-corrected chi connectivity index (χ2v) is 7.07. The van der Waals surface area contributed by atoms with E-state index in [0.717, 1.165) is 26.0 Å². The van der Waals surface area contributed by atoms with Crippen LogP contribution in [-0.2, 0) is 6.42 Å². The smallest absolute Gasteiger partial charge is 0.0886 e. The summed E-state index contributed by atoms with van der Waals surface area (Å²) < 4.78 is 2.04. The molecular weight excluding hydrogens is 364 g/mol. The van der Waals surface area contributed by atoms with Gasteiger partial charge >= 0.3 is 0 Å². The third-order valence-corrected chi connectivity index (χ3v) is 5.90. The average Bonchev–Trinajstić information content (AvgIpc) is 2.68. The van der Waals surface area contributed by atoms with Crippen molar-refractivity contribution in [3.05, 3.63) is 55.1 Å². The molecule has 0 aliphatic carbocycles. The number of hydrogen-bond acceptors (Lipinski definition) is 2. The molecular formula is C13H12Br2OS. The van der Waals surface area contributed by atoms with E-state index in [9.17, 15) is 5.11 Å². The minimum atomic E-state index is -0.386. The van der Waals surface area contributed by atoms with Gasteiger partial charge in [-0.2, -0.15) is 0 Å². The van der Waals surface area contributed by atoms with Crippen LogP contribution in [0.25, 0.3) is 0 Å². The van der Waals surface area contributed by atoms with E-state index >= 15 is 0 Å². The molecule has 1 aromatic carbocycles. The summed E-state index contributed by atoms with van der Waals surface area (Å²) in [5.74, 6) is 0. The van der Waals surface area contributed by atoms with Crippen LogP contribution in [0.1, 0.15) is 23.0 Å². The third kappa shape index (κ3) is 3.65. The highest BCUT2D eigenvalue weighted by molar-refractivity contribution is 9.13. The summed E-state index contributed by atoms with van der Waals surface area (Å²) in [6.07, 6.45) is 1.27. The lowest BCUT2D eigenvalue weighted by molar-refractivity contribution is 0.171. The highest BCUT2D eigenvalue weighted by atomic mass is 79.9. The van der Waals surface area contributed by atoms with Crippen molar-refractivity contribution in [3.8, 4) is 0 Å². The molecule has 0 aliphatic heterocycles. The Morgan fingerprint density at radius 3 is 2.47 bits per heavy atom. The largest absolute Gasteiger partial charge is 0.388 e. The first-order valence-corrected chi connectivity index (χ1v) is 7.74. The molecule has 17 heavy (non-hydrogen) atoms. The molecule has 0 fully saturated rings. The van der Waals surface area contributed by atoms with Crippen LogP contribution in [0, 0.1) is 0 Å². The third-order valence-electron chi connectivity index (χ3n) is 2.54. The first-order chi connectivity index (χ1) is 8.16. The van der Waals surface area contributed by atoms with E-state index in [1.807, 2.05) is 24.3 Å². The molecule has 0 amide bonds. The van der Waals surface area contributed by atoms with Crippen LogP contribution >= 0.6 is 43.2 Å². The number of aliphatic hydroxyl groups is 1. The fraction of sp³-hybridized carbons (Fsp3) is 0.231. The van der Waals surface area contributed by atoms with Crippen molar-refractivity contribution in [3.63, 3.8) is 0 Å². The molecule has 1 N–H and O–H groups in total. The maximum Gasteiger partial charge on any atom is 0.0886 e. The number of aryl methyl sites for hydroxylation is 1. The number of hydrogen-bond donors (Lipinski definition) is 1. The van der Waals surface area contributed by atoms with Gasteiger partial charge in [0, 0.05) is 9.35 Å². The van der Waals surface area contributed by atoms with E-state index in [2.05, 4.69) is 44.0 Å². The summed E-state index contributed by atoms with van der Waals surface area (Å²) in [7, 11) is 0. The van der Waals surface area contributed by atoms with Gasteiger partial charge in [-0.3, -0.25) is 0 Å². The first-order valence-electron chi connectivity index (χ1n) is 5.33. The highest BCUT2D eigenvalue weighted by Gasteiger charge is 2.12. The van der Waals surface area contributed by atoms with Crippen molar-refractivity contribution in [1.82, 2.24) is 0 Å². The molecule has 0 spiro atoms. The molecule has 0 radical (unpaired) electrons.